The molecule has 1 fully saturated rings. The van der Waals surface area contributed by atoms with Crippen LogP contribution in [0.4, 0.5) is 0 Å². The van der Waals surface area contributed by atoms with Crippen LogP contribution in [0.25, 0.3) is 0 Å². The largest absolute Gasteiger partial charge is 0.459 e. The van der Waals surface area contributed by atoms with E-state index in [2.05, 4.69) is 22.0 Å². The fourth-order valence-corrected chi connectivity index (χ4v) is 3.65. The molecule has 2 aromatic rings. The Morgan fingerprint density at radius 3 is 2.32 bits per heavy atom. The topological polar surface area (TPSA) is 65.6 Å². The summed E-state index contributed by atoms with van der Waals surface area (Å²) in [4.78, 5) is 32.7. The van der Waals surface area contributed by atoms with Gasteiger partial charge in [0.15, 0.2) is 0 Å². The van der Waals surface area contributed by atoms with Gasteiger partial charge in [0.1, 0.15) is 5.69 Å². The SMILES string of the molecule is Cc1[nH]c(C(=O)N2CCN(Cc3ccccc3)CC2)c(C)c1C(=O)OC(C)C. The van der Waals surface area contributed by atoms with Crippen LogP contribution in [0.1, 0.15) is 51.5 Å². The van der Waals surface area contributed by atoms with Crippen molar-refractivity contribution >= 4 is 11.9 Å². The summed E-state index contributed by atoms with van der Waals surface area (Å²) in [6.07, 6.45) is -0.196. The van der Waals surface area contributed by atoms with Crippen LogP contribution in [-0.2, 0) is 11.3 Å². The molecule has 28 heavy (non-hydrogen) atoms. The third kappa shape index (κ3) is 4.44. The number of aryl methyl sites for hydroxylation is 1. The summed E-state index contributed by atoms with van der Waals surface area (Å²) in [5.74, 6) is -0.434. The number of H-pyrrole nitrogens is 1. The molecule has 3 rings (SSSR count). The summed E-state index contributed by atoms with van der Waals surface area (Å²) < 4.78 is 5.32. The van der Waals surface area contributed by atoms with Crippen molar-refractivity contribution in [1.82, 2.24) is 14.8 Å². The summed E-state index contributed by atoms with van der Waals surface area (Å²) in [6.45, 7) is 11.2. The number of amides is 1. The maximum absolute atomic E-state index is 13.0. The molecule has 1 aromatic heterocycles. The zero-order valence-corrected chi connectivity index (χ0v) is 17.1. The third-order valence-electron chi connectivity index (χ3n) is 5.11. The molecule has 0 radical (unpaired) electrons. The van der Waals surface area contributed by atoms with Gasteiger partial charge in [-0.2, -0.15) is 0 Å². The smallest absolute Gasteiger partial charge is 0.340 e. The summed E-state index contributed by atoms with van der Waals surface area (Å²) in [5.41, 5.74) is 3.59. The number of hydrogen-bond donors (Lipinski definition) is 1. The minimum Gasteiger partial charge on any atom is -0.459 e. The van der Waals surface area contributed by atoms with Crippen molar-refractivity contribution in [3.05, 3.63) is 58.4 Å². The van der Waals surface area contributed by atoms with Gasteiger partial charge in [0.2, 0.25) is 0 Å². The zero-order valence-electron chi connectivity index (χ0n) is 17.1. The van der Waals surface area contributed by atoms with Crippen LogP contribution >= 0.6 is 0 Å². The Bertz CT molecular complexity index is 834. The van der Waals surface area contributed by atoms with Gasteiger partial charge in [-0.1, -0.05) is 30.3 Å². The van der Waals surface area contributed by atoms with Crippen molar-refractivity contribution in [3.63, 3.8) is 0 Å². The first kappa shape index (κ1) is 20.1. The Labute approximate surface area is 166 Å². The highest BCUT2D eigenvalue weighted by molar-refractivity contribution is 6.00. The molecule has 1 aliphatic rings. The van der Waals surface area contributed by atoms with Gasteiger partial charge in [-0.25, -0.2) is 4.79 Å². The van der Waals surface area contributed by atoms with E-state index in [-0.39, 0.29) is 18.0 Å². The Kier molecular flexibility index (Phi) is 6.19. The van der Waals surface area contributed by atoms with Gasteiger partial charge in [0.25, 0.3) is 5.91 Å². The first-order chi connectivity index (χ1) is 13.4. The highest BCUT2D eigenvalue weighted by Gasteiger charge is 2.28. The minimum absolute atomic E-state index is 0.0523. The van der Waals surface area contributed by atoms with E-state index in [4.69, 9.17) is 4.74 Å². The number of piperazine rings is 1. The lowest BCUT2D eigenvalue weighted by molar-refractivity contribution is 0.0376. The lowest BCUT2D eigenvalue weighted by Crippen LogP contribution is -2.48. The lowest BCUT2D eigenvalue weighted by atomic mass is 10.1. The molecule has 6 nitrogen and oxygen atoms in total. The maximum atomic E-state index is 13.0. The first-order valence-corrected chi connectivity index (χ1v) is 9.82. The predicted molar refractivity (Wildman–Crippen MR) is 108 cm³/mol. The molecule has 0 atom stereocenters. The van der Waals surface area contributed by atoms with Crippen LogP contribution in [0.15, 0.2) is 30.3 Å². The maximum Gasteiger partial charge on any atom is 0.340 e. The molecule has 150 valence electrons. The summed E-state index contributed by atoms with van der Waals surface area (Å²) in [6, 6.07) is 10.4. The second kappa shape index (κ2) is 8.61. The quantitative estimate of drug-likeness (QED) is 0.806. The molecule has 0 aliphatic carbocycles. The van der Waals surface area contributed by atoms with Gasteiger partial charge in [0.05, 0.1) is 11.7 Å². The van der Waals surface area contributed by atoms with Crippen LogP contribution in [0, 0.1) is 13.8 Å². The molecule has 0 saturated carbocycles. The number of ether oxygens (including phenoxy) is 1. The van der Waals surface area contributed by atoms with Crippen molar-refractivity contribution in [2.45, 2.75) is 40.3 Å². The number of aromatic nitrogens is 1. The van der Waals surface area contributed by atoms with Crippen LogP contribution in [0.5, 0.6) is 0 Å². The second-order valence-electron chi connectivity index (χ2n) is 7.63. The molecule has 0 unspecified atom stereocenters. The van der Waals surface area contributed by atoms with Crippen molar-refractivity contribution in [2.75, 3.05) is 26.2 Å². The molecular formula is C22H29N3O3. The standard InChI is InChI=1S/C22H29N3O3/c1-15(2)28-22(27)19-16(3)20(23-17(19)4)21(26)25-12-10-24(11-13-25)14-18-8-6-5-7-9-18/h5-9,15,23H,10-14H2,1-4H3. The normalized spacial score (nSPS) is 15.1. The average Bonchev–Trinajstić information content (AvgIpc) is 2.96. The van der Waals surface area contributed by atoms with E-state index >= 15 is 0 Å². The Morgan fingerprint density at radius 1 is 1.07 bits per heavy atom. The Balaban J connectivity index is 1.64. The fourth-order valence-electron chi connectivity index (χ4n) is 3.65. The number of benzene rings is 1. The fraction of sp³-hybridized carbons (Fsp3) is 0.455. The first-order valence-electron chi connectivity index (χ1n) is 9.82. The van der Waals surface area contributed by atoms with Crippen LogP contribution in [0.2, 0.25) is 0 Å². The molecule has 1 saturated heterocycles. The summed E-state index contributed by atoms with van der Waals surface area (Å²) >= 11 is 0. The number of nitrogens with one attached hydrogen (secondary N) is 1. The van der Waals surface area contributed by atoms with E-state index in [1.807, 2.05) is 36.9 Å². The Morgan fingerprint density at radius 2 is 1.71 bits per heavy atom. The van der Waals surface area contributed by atoms with Gasteiger partial charge in [0, 0.05) is 38.4 Å². The highest BCUT2D eigenvalue weighted by atomic mass is 16.5. The monoisotopic (exact) mass is 383 g/mol. The molecule has 1 amide bonds. The van der Waals surface area contributed by atoms with Crippen LogP contribution in [-0.4, -0.2) is 58.9 Å². The summed E-state index contributed by atoms with van der Waals surface area (Å²) in [7, 11) is 0. The van der Waals surface area contributed by atoms with Gasteiger partial charge in [-0.15, -0.1) is 0 Å². The second-order valence-corrected chi connectivity index (χ2v) is 7.63. The zero-order chi connectivity index (χ0) is 20.3. The number of esters is 1. The number of rotatable bonds is 5. The van der Waals surface area contributed by atoms with E-state index in [1.54, 1.807) is 13.8 Å². The lowest BCUT2D eigenvalue weighted by Gasteiger charge is -2.34. The number of nitrogens with zero attached hydrogens (tertiary/aromatic N) is 2. The van der Waals surface area contributed by atoms with E-state index in [1.165, 1.54) is 5.56 Å². The molecule has 1 aliphatic heterocycles. The van der Waals surface area contributed by atoms with Crippen molar-refractivity contribution in [2.24, 2.45) is 0 Å². The third-order valence-corrected chi connectivity index (χ3v) is 5.11. The van der Waals surface area contributed by atoms with E-state index in [0.717, 1.165) is 19.6 Å². The highest BCUT2D eigenvalue weighted by Crippen LogP contribution is 2.22. The predicted octanol–water partition coefficient (Wildman–Crippen LogP) is 3.15. The molecule has 6 heteroatoms. The molecular weight excluding hydrogens is 354 g/mol. The van der Waals surface area contributed by atoms with Crippen molar-refractivity contribution < 1.29 is 14.3 Å². The Hall–Kier alpha value is -2.60. The summed E-state index contributed by atoms with van der Waals surface area (Å²) in [5, 5.41) is 0. The van der Waals surface area contributed by atoms with Crippen LogP contribution in [0.3, 0.4) is 0 Å². The van der Waals surface area contributed by atoms with E-state index in [0.29, 0.717) is 35.6 Å². The molecule has 1 N–H and O–H groups in total. The number of aromatic amines is 1. The molecule has 0 bridgehead atoms. The van der Waals surface area contributed by atoms with Crippen molar-refractivity contribution in [1.29, 1.82) is 0 Å². The van der Waals surface area contributed by atoms with Crippen molar-refractivity contribution in [3.8, 4) is 0 Å². The van der Waals surface area contributed by atoms with E-state index < -0.39 is 0 Å². The molecule has 1 aromatic carbocycles. The number of carbonyl (C=O) groups excluding carboxylic acids is 2. The average molecular weight is 383 g/mol. The van der Waals surface area contributed by atoms with E-state index in [9.17, 15) is 9.59 Å². The van der Waals surface area contributed by atoms with Gasteiger partial charge in [-0.3, -0.25) is 9.69 Å². The van der Waals surface area contributed by atoms with Gasteiger partial charge < -0.3 is 14.6 Å². The van der Waals surface area contributed by atoms with Gasteiger partial charge in [-0.05, 0) is 38.8 Å². The molecule has 2 heterocycles. The number of hydrogen-bond acceptors (Lipinski definition) is 4. The minimum atomic E-state index is -0.381. The van der Waals surface area contributed by atoms with Crippen LogP contribution < -0.4 is 0 Å². The number of carbonyl (C=O) groups is 2. The molecule has 0 spiro atoms. The van der Waals surface area contributed by atoms with Gasteiger partial charge >= 0.3 is 5.97 Å².